The van der Waals surface area contributed by atoms with E-state index in [1.54, 1.807) is 0 Å². The Hall–Kier alpha value is -2.95. The van der Waals surface area contributed by atoms with Gasteiger partial charge in [-0.05, 0) is 45.1 Å². The number of piperidine rings is 2. The number of nitrogens with zero attached hydrogens (tertiary/aromatic N) is 2. The fourth-order valence-corrected chi connectivity index (χ4v) is 5.84. The highest BCUT2D eigenvalue weighted by molar-refractivity contribution is 5.99. The lowest BCUT2D eigenvalue weighted by Gasteiger charge is -2.53. The zero-order valence-electron chi connectivity index (χ0n) is 20.5. The van der Waals surface area contributed by atoms with Crippen molar-refractivity contribution in [2.24, 2.45) is 11.8 Å². The molecule has 2 bridgehead atoms. The summed E-state index contributed by atoms with van der Waals surface area (Å²) in [5, 5.41) is 5.91. The average molecular weight is 525 g/mol. The van der Waals surface area contributed by atoms with Gasteiger partial charge in [-0.15, -0.1) is 0 Å². The first kappa shape index (κ1) is 25.7. The molecule has 2 aromatic rings. The number of alkyl halides is 4. The number of amides is 1. The van der Waals surface area contributed by atoms with E-state index in [9.17, 15) is 31.5 Å². The number of hydrogen-bond acceptors (Lipinski definition) is 4. The lowest BCUT2D eigenvalue weighted by molar-refractivity contribution is 0.0269. The van der Waals surface area contributed by atoms with Crippen molar-refractivity contribution < 1.29 is 26.7 Å². The van der Waals surface area contributed by atoms with Crippen molar-refractivity contribution in [3.8, 4) is 0 Å². The lowest BCUT2D eigenvalue weighted by Crippen LogP contribution is -2.60. The van der Waals surface area contributed by atoms with Gasteiger partial charge < -0.3 is 20.1 Å². The van der Waals surface area contributed by atoms with Crippen LogP contribution in [0.15, 0.2) is 35.3 Å². The zero-order valence-corrected chi connectivity index (χ0v) is 20.5. The molecule has 3 aliphatic rings. The maximum absolute atomic E-state index is 14.7. The Morgan fingerprint density at radius 3 is 2.35 bits per heavy atom. The molecule has 11 heteroatoms. The van der Waals surface area contributed by atoms with Crippen molar-refractivity contribution in [3.63, 3.8) is 0 Å². The number of fused-ring (bicyclic) bond motifs is 2. The Labute approximate surface area is 210 Å². The molecule has 2 N–H and O–H groups in total. The third-order valence-electron chi connectivity index (χ3n) is 8.09. The van der Waals surface area contributed by atoms with Gasteiger partial charge in [-0.25, -0.2) is 22.0 Å². The van der Waals surface area contributed by atoms with Crippen LogP contribution in [0.25, 0.3) is 0 Å². The molecule has 1 aromatic heterocycles. The molecular formula is C26H29F5N4O2. The standard InChI is InChI=1S/C26H29F5N4O2/c1-13(16-4-3-5-17(21(16)27)23(28)29)32-24(37)18-12-35(26(6-7-26)25(30)31)20(36)9-19(18)33-22-14-8-15(22)11-34(2)10-14/h3-5,9,12-15,22-23,25,33H,6-8,10-11H2,1-2H3,(H,32,37)/t13-,14-,15+,22-/m1/s1. The molecule has 5 rings (SSSR count). The summed E-state index contributed by atoms with van der Waals surface area (Å²) in [6.07, 6.45) is -3.41. The molecule has 2 saturated carbocycles. The first-order valence-corrected chi connectivity index (χ1v) is 12.4. The van der Waals surface area contributed by atoms with Gasteiger partial charge in [0.05, 0.1) is 22.9 Å². The molecular weight excluding hydrogens is 495 g/mol. The highest BCUT2D eigenvalue weighted by Gasteiger charge is 2.54. The molecule has 6 nitrogen and oxygen atoms in total. The Morgan fingerprint density at radius 2 is 1.76 bits per heavy atom. The largest absolute Gasteiger partial charge is 0.381 e. The molecule has 4 atom stereocenters. The fraction of sp³-hybridized carbons (Fsp3) is 0.538. The van der Waals surface area contributed by atoms with Crippen LogP contribution in [0.5, 0.6) is 0 Å². The fourth-order valence-electron chi connectivity index (χ4n) is 5.84. The first-order valence-electron chi connectivity index (χ1n) is 12.4. The maximum Gasteiger partial charge on any atom is 0.266 e. The molecule has 2 heterocycles. The van der Waals surface area contributed by atoms with Crippen LogP contribution in [-0.2, 0) is 5.54 Å². The van der Waals surface area contributed by atoms with E-state index in [4.69, 9.17) is 0 Å². The van der Waals surface area contributed by atoms with Crippen LogP contribution in [-0.4, -0.2) is 48.0 Å². The quantitative estimate of drug-likeness (QED) is 0.498. The minimum absolute atomic E-state index is 0.0258. The molecule has 37 heavy (non-hydrogen) atoms. The van der Waals surface area contributed by atoms with Crippen molar-refractivity contribution in [3.05, 3.63) is 63.3 Å². The smallest absolute Gasteiger partial charge is 0.266 e. The summed E-state index contributed by atoms with van der Waals surface area (Å²) in [6, 6.07) is 3.76. The minimum atomic E-state index is -3.02. The minimum Gasteiger partial charge on any atom is -0.381 e. The van der Waals surface area contributed by atoms with Crippen molar-refractivity contribution in [1.82, 2.24) is 14.8 Å². The SMILES string of the molecule is C[C@@H](NC(=O)c1cn(C2(C(F)F)CC2)c(=O)cc1N[C@@H]1[C@@H]2C[C@H]1CN(C)C2)c1cccc(C(F)F)c1F. The second-order valence-electron chi connectivity index (χ2n) is 10.6. The van der Waals surface area contributed by atoms with Crippen LogP contribution < -0.4 is 16.2 Å². The van der Waals surface area contributed by atoms with E-state index in [0.717, 1.165) is 36.3 Å². The zero-order chi connectivity index (χ0) is 26.6. The van der Waals surface area contributed by atoms with Crippen molar-refractivity contribution in [2.75, 3.05) is 25.5 Å². The third kappa shape index (κ3) is 4.51. The van der Waals surface area contributed by atoms with Crippen molar-refractivity contribution in [1.29, 1.82) is 0 Å². The van der Waals surface area contributed by atoms with E-state index in [2.05, 4.69) is 15.5 Å². The van der Waals surface area contributed by atoms with Gasteiger partial charge in [0.15, 0.2) is 0 Å². The average Bonchev–Trinajstić information content (AvgIpc) is 3.64. The number of benzene rings is 1. The predicted molar refractivity (Wildman–Crippen MR) is 128 cm³/mol. The Balaban J connectivity index is 1.47. The van der Waals surface area contributed by atoms with Gasteiger partial charge in [0, 0.05) is 37.0 Å². The number of likely N-dealkylation sites (tertiary alicyclic amines) is 1. The topological polar surface area (TPSA) is 66.4 Å². The molecule has 3 fully saturated rings. The van der Waals surface area contributed by atoms with E-state index < -0.39 is 47.3 Å². The van der Waals surface area contributed by atoms with Gasteiger partial charge in [0.25, 0.3) is 24.3 Å². The second kappa shape index (κ2) is 9.41. The maximum atomic E-state index is 14.7. The van der Waals surface area contributed by atoms with Crippen LogP contribution in [0.1, 0.15) is 60.1 Å². The molecule has 1 amide bonds. The summed E-state index contributed by atoms with van der Waals surface area (Å²) >= 11 is 0. The highest BCUT2D eigenvalue weighted by Crippen LogP contribution is 2.48. The lowest BCUT2D eigenvalue weighted by atomic mass is 9.66. The van der Waals surface area contributed by atoms with E-state index in [1.165, 1.54) is 25.1 Å². The summed E-state index contributed by atoms with van der Waals surface area (Å²) in [6.45, 7) is 3.17. The van der Waals surface area contributed by atoms with Gasteiger partial charge in [-0.1, -0.05) is 18.2 Å². The molecule has 200 valence electrons. The molecule has 0 spiro atoms. The summed E-state index contributed by atoms with van der Waals surface area (Å²) in [7, 11) is 2.03. The Bertz CT molecular complexity index is 1250. The monoisotopic (exact) mass is 524 g/mol. The van der Waals surface area contributed by atoms with Gasteiger partial charge in [0.2, 0.25) is 0 Å². The number of carbonyl (C=O) groups excluding carboxylic acids is 1. The Morgan fingerprint density at radius 1 is 1.11 bits per heavy atom. The second-order valence-corrected chi connectivity index (χ2v) is 10.6. The van der Waals surface area contributed by atoms with Crippen LogP contribution in [0.3, 0.4) is 0 Å². The molecule has 1 aromatic carbocycles. The van der Waals surface area contributed by atoms with E-state index in [-0.39, 0.29) is 35.7 Å². The molecule has 1 aliphatic heterocycles. The summed E-state index contributed by atoms with van der Waals surface area (Å²) in [5.41, 5.74) is -2.99. The van der Waals surface area contributed by atoms with Gasteiger partial charge in [0.1, 0.15) is 11.4 Å². The van der Waals surface area contributed by atoms with Gasteiger partial charge >= 0.3 is 0 Å². The van der Waals surface area contributed by atoms with Crippen molar-refractivity contribution >= 4 is 11.6 Å². The first-order chi connectivity index (χ1) is 17.5. The number of pyridine rings is 1. The van der Waals surface area contributed by atoms with Crippen LogP contribution in [0, 0.1) is 17.7 Å². The van der Waals surface area contributed by atoms with E-state index in [0.29, 0.717) is 11.8 Å². The third-order valence-corrected chi connectivity index (χ3v) is 8.09. The normalized spacial score (nSPS) is 25.1. The van der Waals surface area contributed by atoms with Crippen LogP contribution >= 0.6 is 0 Å². The number of halogens is 5. The van der Waals surface area contributed by atoms with Crippen LogP contribution in [0.2, 0.25) is 0 Å². The number of aromatic nitrogens is 1. The van der Waals surface area contributed by atoms with Crippen LogP contribution in [0.4, 0.5) is 27.6 Å². The summed E-state index contributed by atoms with van der Waals surface area (Å²) in [5.74, 6) is -1.20. The number of nitrogens with one attached hydrogen (secondary N) is 2. The predicted octanol–water partition coefficient (Wildman–Crippen LogP) is 4.53. The number of carbonyl (C=O) groups is 1. The number of hydrogen-bond donors (Lipinski definition) is 2. The Kier molecular flexibility index (Phi) is 6.54. The van der Waals surface area contributed by atoms with Crippen molar-refractivity contribution in [2.45, 2.75) is 56.7 Å². The molecule has 0 unspecified atom stereocenters. The van der Waals surface area contributed by atoms with Gasteiger partial charge in [-0.3, -0.25) is 9.59 Å². The highest BCUT2D eigenvalue weighted by atomic mass is 19.3. The summed E-state index contributed by atoms with van der Waals surface area (Å²) < 4.78 is 69.6. The van der Waals surface area contributed by atoms with E-state index in [1.807, 2.05) is 7.05 Å². The number of rotatable bonds is 8. The van der Waals surface area contributed by atoms with E-state index >= 15 is 0 Å². The summed E-state index contributed by atoms with van der Waals surface area (Å²) in [4.78, 5) is 28.5. The van der Waals surface area contributed by atoms with Gasteiger partial charge in [-0.2, -0.15) is 0 Å². The molecule has 0 radical (unpaired) electrons. The molecule has 1 saturated heterocycles. The number of anilines is 1. The molecule has 2 aliphatic carbocycles.